The normalized spacial score (nSPS) is 21.7. The molecular formula is C23H30FN5O. The second-order valence-corrected chi connectivity index (χ2v) is 8.48. The van der Waals surface area contributed by atoms with Gasteiger partial charge in [-0.05, 0) is 67.3 Å². The van der Waals surface area contributed by atoms with E-state index >= 15 is 0 Å². The molecular weight excluding hydrogens is 381 g/mol. The van der Waals surface area contributed by atoms with Crippen molar-refractivity contribution in [1.82, 2.24) is 19.9 Å². The van der Waals surface area contributed by atoms with Gasteiger partial charge in [0, 0.05) is 26.3 Å². The molecule has 0 spiro atoms. The van der Waals surface area contributed by atoms with Crippen molar-refractivity contribution in [2.24, 2.45) is 0 Å². The second kappa shape index (κ2) is 8.32. The lowest BCUT2D eigenvalue weighted by molar-refractivity contribution is 0.0137. The van der Waals surface area contributed by atoms with Crippen LogP contribution >= 0.6 is 0 Å². The number of rotatable bonds is 2. The molecule has 1 aromatic carbocycles. The molecule has 2 fully saturated rings. The van der Waals surface area contributed by atoms with Crippen LogP contribution in [0.15, 0.2) is 30.6 Å². The van der Waals surface area contributed by atoms with Crippen LogP contribution in [0.5, 0.6) is 0 Å². The van der Waals surface area contributed by atoms with Crippen molar-refractivity contribution in [3.63, 3.8) is 0 Å². The molecule has 3 aliphatic rings. The van der Waals surface area contributed by atoms with Crippen molar-refractivity contribution in [3.8, 4) is 0 Å². The van der Waals surface area contributed by atoms with E-state index in [0.717, 1.165) is 56.6 Å². The van der Waals surface area contributed by atoms with E-state index in [-0.39, 0.29) is 7.24 Å². The molecule has 3 N–H and O–H groups in total. The fraction of sp³-hybridized carbons (Fsp3) is 0.478. The Morgan fingerprint density at radius 2 is 1.93 bits per heavy atom. The molecule has 1 saturated heterocycles. The number of nitrogens with two attached hydrogens (primary N) is 1. The molecule has 7 heteroatoms. The van der Waals surface area contributed by atoms with Crippen molar-refractivity contribution in [2.75, 3.05) is 32.0 Å². The van der Waals surface area contributed by atoms with Gasteiger partial charge in [-0.25, -0.2) is 14.4 Å². The monoisotopic (exact) mass is 411 g/mol. The first-order valence-electron chi connectivity index (χ1n) is 10.9. The number of halogens is 1. The number of aryl methyl sites for hydroxylation is 1. The van der Waals surface area contributed by atoms with Gasteiger partial charge in [-0.1, -0.05) is 6.07 Å². The average molecular weight is 412 g/mol. The van der Waals surface area contributed by atoms with Crippen LogP contribution in [0.25, 0.3) is 11.0 Å². The summed E-state index contributed by atoms with van der Waals surface area (Å²) in [5.41, 5.74) is 10.4. The lowest BCUT2D eigenvalue weighted by Crippen LogP contribution is -2.45. The minimum atomic E-state index is -0.103. The van der Waals surface area contributed by atoms with Gasteiger partial charge in [-0.2, -0.15) is 0 Å². The summed E-state index contributed by atoms with van der Waals surface area (Å²) < 4.78 is 18.5. The van der Waals surface area contributed by atoms with E-state index in [9.17, 15) is 4.39 Å². The summed E-state index contributed by atoms with van der Waals surface area (Å²) in [6.07, 6.45) is 7.27. The quantitative estimate of drug-likeness (QED) is 0.672. The fourth-order valence-electron chi connectivity index (χ4n) is 4.55. The maximum atomic E-state index is 13.1. The average Bonchev–Trinajstić information content (AvgIpc) is 3.53. The highest BCUT2D eigenvalue weighted by Crippen LogP contribution is 2.40. The minimum Gasteiger partial charge on any atom is -0.383 e. The fourth-order valence-corrected chi connectivity index (χ4v) is 4.55. The second-order valence-electron chi connectivity index (χ2n) is 8.48. The van der Waals surface area contributed by atoms with Crippen LogP contribution in [-0.2, 0) is 17.6 Å². The van der Waals surface area contributed by atoms with Gasteiger partial charge in [0.2, 0.25) is 0 Å². The molecule has 0 radical (unpaired) electrons. The van der Waals surface area contributed by atoms with Crippen molar-refractivity contribution in [3.05, 3.63) is 53.2 Å². The van der Waals surface area contributed by atoms with Gasteiger partial charge in [0.25, 0.3) is 0 Å². The largest absolute Gasteiger partial charge is 0.383 e. The number of H-pyrrole nitrogens is 1. The van der Waals surface area contributed by atoms with Crippen LogP contribution in [0.1, 0.15) is 43.4 Å². The van der Waals surface area contributed by atoms with Crippen LogP contribution in [0.2, 0.25) is 0 Å². The zero-order valence-corrected chi connectivity index (χ0v) is 17.1. The number of aromatic amines is 1. The van der Waals surface area contributed by atoms with Crippen LogP contribution in [0, 0.1) is 5.82 Å². The first-order chi connectivity index (χ1) is 14.7. The number of anilines is 1. The van der Waals surface area contributed by atoms with E-state index in [1.54, 1.807) is 12.1 Å². The van der Waals surface area contributed by atoms with E-state index in [2.05, 4.69) is 25.9 Å². The number of morpholine rings is 1. The van der Waals surface area contributed by atoms with Gasteiger partial charge in [0.05, 0.1) is 18.6 Å². The number of hydrogen-bond acceptors (Lipinski definition) is 5. The van der Waals surface area contributed by atoms with Gasteiger partial charge in [-0.15, -0.1) is 0 Å². The van der Waals surface area contributed by atoms with Crippen molar-refractivity contribution >= 4 is 16.9 Å². The predicted octanol–water partition coefficient (Wildman–Crippen LogP) is 3.68. The minimum absolute atomic E-state index is 0. The van der Waals surface area contributed by atoms with E-state index in [0.29, 0.717) is 17.8 Å². The molecule has 1 aliphatic heterocycles. The highest BCUT2D eigenvalue weighted by molar-refractivity contribution is 5.86. The molecule has 2 aromatic heterocycles. The number of hydrogen-bond donors (Lipinski definition) is 2. The van der Waals surface area contributed by atoms with Gasteiger partial charge in [0.1, 0.15) is 23.6 Å². The zero-order valence-electron chi connectivity index (χ0n) is 17.1. The summed E-state index contributed by atoms with van der Waals surface area (Å²) in [7, 11) is 0. The molecule has 1 atom stereocenters. The van der Waals surface area contributed by atoms with Crippen molar-refractivity contribution < 1.29 is 10.6 Å². The maximum Gasteiger partial charge on any atom is 0.143 e. The van der Waals surface area contributed by atoms with Crippen molar-refractivity contribution in [1.29, 1.82) is 0 Å². The van der Waals surface area contributed by atoms with Crippen LogP contribution in [0.3, 0.4) is 0 Å². The first kappa shape index (κ1) is 19.5. The molecule has 6 nitrogen and oxygen atoms in total. The summed E-state index contributed by atoms with van der Waals surface area (Å²) in [6, 6.07) is 7.93. The summed E-state index contributed by atoms with van der Waals surface area (Å²) in [5, 5.41) is 0.949. The summed E-state index contributed by atoms with van der Waals surface area (Å²) in [5.74, 6) is 1.16. The molecule has 2 aliphatic carbocycles. The zero-order chi connectivity index (χ0) is 20.5. The maximum absolute atomic E-state index is 13.1. The highest BCUT2D eigenvalue weighted by Gasteiger charge is 2.26. The smallest absolute Gasteiger partial charge is 0.143 e. The lowest BCUT2D eigenvalue weighted by Gasteiger charge is -2.37. The number of ether oxygens (including phenoxy) is 1. The standard InChI is InChI=1S/C14H18FNO.C9H10N4.H2/c15-13-3-1-12-10-14(4-2-11(12)9-13)16-5-7-17-8-6-16;10-8-6-3-7(5-1-2-5)13-9(6)12-4-11-8;/h1,3,9,14H,2,4-8,10H2;3-5H,1-2H2,(H3,10,11,12,13);1H/t14-;;/m0../s1. The molecule has 30 heavy (non-hydrogen) atoms. The first-order valence-corrected chi connectivity index (χ1v) is 10.9. The third-order valence-electron chi connectivity index (χ3n) is 6.43. The number of nitrogens with one attached hydrogen (secondary N) is 1. The van der Waals surface area contributed by atoms with Gasteiger partial charge < -0.3 is 15.5 Å². The molecule has 0 unspecified atom stereocenters. The lowest BCUT2D eigenvalue weighted by atomic mass is 9.87. The Hall–Kier alpha value is -2.51. The molecule has 3 aromatic rings. The predicted molar refractivity (Wildman–Crippen MR) is 117 cm³/mol. The number of fused-ring (bicyclic) bond motifs is 2. The summed E-state index contributed by atoms with van der Waals surface area (Å²) in [4.78, 5) is 13.9. The third-order valence-corrected chi connectivity index (χ3v) is 6.43. The SMILES string of the molecule is Fc1ccc2c(c1)CC[C@H](N1CCOCC1)C2.Nc1ncnc2[nH]c(C3CC3)cc12.[HH]. The van der Waals surface area contributed by atoms with E-state index in [4.69, 9.17) is 10.5 Å². The number of nitrogen functional groups attached to an aromatic ring is 1. The summed E-state index contributed by atoms with van der Waals surface area (Å²) in [6.45, 7) is 3.79. The van der Waals surface area contributed by atoms with Crippen molar-refractivity contribution in [2.45, 2.75) is 44.1 Å². The van der Waals surface area contributed by atoms with E-state index in [1.807, 2.05) is 6.07 Å². The molecule has 1 saturated carbocycles. The Morgan fingerprint density at radius 3 is 2.70 bits per heavy atom. The van der Waals surface area contributed by atoms with Gasteiger partial charge in [-0.3, -0.25) is 4.90 Å². The highest BCUT2D eigenvalue weighted by atomic mass is 19.1. The Kier molecular flexibility index (Phi) is 5.39. The Morgan fingerprint density at radius 1 is 1.10 bits per heavy atom. The van der Waals surface area contributed by atoms with Crippen LogP contribution in [0.4, 0.5) is 10.2 Å². The molecule has 0 bridgehead atoms. The molecule has 160 valence electrons. The van der Waals surface area contributed by atoms with E-state index in [1.165, 1.54) is 36.0 Å². The Bertz CT molecular complexity index is 1030. The molecule has 3 heterocycles. The van der Waals surface area contributed by atoms with Gasteiger partial charge in [0.15, 0.2) is 0 Å². The number of nitrogens with zero attached hydrogens (tertiary/aromatic N) is 3. The van der Waals surface area contributed by atoms with Gasteiger partial charge >= 0.3 is 0 Å². The molecule has 6 rings (SSSR count). The number of benzene rings is 1. The third kappa shape index (κ3) is 4.18. The topological polar surface area (TPSA) is 80.1 Å². The van der Waals surface area contributed by atoms with Crippen LogP contribution in [-0.4, -0.2) is 52.2 Å². The molecule has 0 amide bonds. The summed E-state index contributed by atoms with van der Waals surface area (Å²) >= 11 is 0. The number of aromatic nitrogens is 3. The Labute approximate surface area is 177 Å². The van der Waals surface area contributed by atoms with E-state index < -0.39 is 0 Å². The van der Waals surface area contributed by atoms with Crippen LogP contribution < -0.4 is 5.73 Å². The Balaban J connectivity index is 0.000000149.